The molecule has 0 saturated carbocycles. The lowest BCUT2D eigenvalue weighted by Crippen LogP contribution is -2.42. The Balaban J connectivity index is 1.93. The monoisotopic (exact) mass is 318 g/mol. The molecule has 0 heterocycles. The molecule has 0 fully saturated rings. The Bertz CT molecular complexity index is 556. The van der Waals surface area contributed by atoms with Gasteiger partial charge in [0.25, 0.3) is 0 Å². The summed E-state index contributed by atoms with van der Waals surface area (Å²) in [5.41, 5.74) is 1.57. The second-order valence-electron chi connectivity index (χ2n) is 5.67. The van der Waals surface area contributed by atoms with Crippen LogP contribution in [-0.2, 0) is 6.54 Å². The van der Waals surface area contributed by atoms with Gasteiger partial charge in [0.1, 0.15) is 5.82 Å². The lowest BCUT2D eigenvalue weighted by Gasteiger charge is -2.22. The summed E-state index contributed by atoms with van der Waals surface area (Å²) in [7, 11) is 1.75. The van der Waals surface area contributed by atoms with Crippen molar-refractivity contribution in [2.75, 3.05) is 25.0 Å². The molecule has 0 radical (unpaired) electrons. The van der Waals surface area contributed by atoms with E-state index in [1.165, 1.54) is 0 Å². The largest absolute Gasteiger partial charge is 0.370 e. The number of aliphatic imine (C=N–C) groups is 1. The molecular formula is C18H27FN4. The highest BCUT2D eigenvalue weighted by atomic mass is 19.1. The standard InChI is InChI=1S/C18H27FN4/c1-4-23(5-2)17-11-10-14(12-16(17)19)13-21-18(20-3)22-15-8-6-7-9-15/h6-7,10-12,15H,4-5,8-9,13H2,1-3H3,(H2,20,21,22). The Morgan fingerprint density at radius 2 is 1.96 bits per heavy atom. The summed E-state index contributed by atoms with van der Waals surface area (Å²) < 4.78 is 14.3. The van der Waals surface area contributed by atoms with Crippen LogP contribution >= 0.6 is 0 Å². The number of anilines is 1. The van der Waals surface area contributed by atoms with Crippen LogP contribution in [0.15, 0.2) is 35.3 Å². The SMILES string of the molecule is CCN(CC)c1ccc(CNC(=NC)NC2CC=CC2)cc1F. The van der Waals surface area contributed by atoms with E-state index in [0.717, 1.165) is 37.5 Å². The summed E-state index contributed by atoms with van der Waals surface area (Å²) in [6.07, 6.45) is 6.39. The average Bonchev–Trinajstić information content (AvgIpc) is 3.07. The van der Waals surface area contributed by atoms with E-state index < -0.39 is 0 Å². The van der Waals surface area contributed by atoms with Gasteiger partial charge in [0.05, 0.1) is 5.69 Å². The maximum Gasteiger partial charge on any atom is 0.191 e. The number of nitrogens with one attached hydrogen (secondary N) is 2. The molecule has 2 N–H and O–H groups in total. The van der Waals surface area contributed by atoms with Crippen LogP contribution in [0, 0.1) is 5.82 Å². The minimum absolute atomic E-state index is 0.170. The summed E-state index contributed by atoms with van der Waals surface area (Å²) >= 11 is 0. The maximum absolute atomic E-state index is 14.3. The van der Waals surface area contributed by atoms with Gasteiger partial charge < -0.3 is 15.5 Å². The summed E-state index contributed by atoms with van der Waals surface area (Å²) in [6, 6.07) is 5.83. The predicted octanol–water partition coefficient (Wildman–Crippen LogP) is 3.06. The summed E-state index contributed by atoms with van der Waals surface area (Å²) in [4.78, 5) is 6.24. The molecule has 0 unspecified atom stereocenters. The van der Waals surface area contributed by atoms with E-state index in [0.29, 0.717) is 18.3 Å². The molecule has 1 aromatic carbocycles. The molecule has 0 aliphatic heterocycles. The second kappa shape index (κ2) is 8.56. The first-order valence-corrected chi connectivity index (χ1v) is 8.33. The third kappa shape index (κ3) is 4.71. The number of guanidine groups is 1. The second-order valence-corrected chi connectivity index (χ2v) is 5.67. The molecule has 0 amide bonds. The highest BCUT2D eigenvalue weighted by molar-refractivity contribution is 5.80. The van der Waals surface area contributed by atoms with Crippen LogP contribution in [0.1, 0.15) is 32.3 Å². The van der Waals surface area contributed by atoms with E-state index in [-0.39, 0.29) is 5.82 Å². The van der Waals surface area contributed by atoms with Gasteiger partial charge in [-0.3, -0.25) is 4.99 Å². The first-order valence-electron chi connectivity index (χ1n) is 8.33. The average molecular weight is 318 g/mol. The Morgan fingerprint density at radius 1 is 1.26 bits per heavy atom. The zero-order chi connectivity index (χ0) is 16.7. The van der Waals surface area contributed by atoms with E-state index in [4.69, 9.17) is 0 Å². The fraction of sp³-hybridized carbons (Fsp3) is 0.500. The topological polar surface area (TPSA) is 39.7 Å². The molecule has 1 aliphatic carbocycles. The molecule has 0 saturated heterocycles. The van der Waals surface area contributed by atoms with Crippen LogP contribution in [0.3, 0.4) is 0 Å². The van der Waals surface area contributed by atoms with Crippen LogP contribution in [0.2, 0.25) is 0 Å². The predicted molar refractivity (Wildman–Crippen MR) is 95.5 cm³/mol. The molecule has 0 spiro atoms. The van der Waals surface area contributed by atoms with Gasteiger partial charge in [-0.1, -0.05) is 18.2 Å². The zero-order valence-corrected chi connectivity index (χ0v) is 14.3. The van der Waals surface area contributed by atoms with Crippen molar-refractivity contribution < 1.29 is 4.39 Å². The van der Waals surface area contributed by atoms with Crippen LogP contribution in [0.5, 0.6) is 0 Å². The normalized spacial score (nSPS) is 15.0. The summed E-state index contributed by atoms with van der Waals surface area (Å²) in [5, 5.41) is 6.62. The molecule has 23 heavy (non-hydrogen) atoms. The van der Waals surface area contributed by atoms with Crippen LogP contribution in [-0.4, -0.2) is 32.1 Å². The highest BCUT2D eigenvalue weighted by Gasteiger charge is 2.12. The number of hydrogen-bond donors (Lipinski definition) is 2. The molecule has 1 aliphatic rings. The van der Waals surface area contributed by atoms with E-state index >= 15 is 0 Å². The van der Waals surface area contributed by atoms with Crippen molar-refractivity contribution in [3.63, 3.8) is 0 Å². The Hall–Kier alpha value is -2.04. The summed E-state index contributed by atoms with van der Waals surface area (Å²) in [5.74, 6) is 0.586. The Kier molecular flexibility index (Phi) is 6.44. The summed E-state index contributed by atoms with van der Waals surface area (Å²) in [6.45, 7) is 6.22. The van der Waals surface area contributed by atoms with Crippen molar-refractivity contribution in [1.82, 2.24) is 10.6 Å². The number of hydrogen-bond acceptors (Lipinski definition) is 2. The van der Waals surface area contributed by atoms with Crippen molar-refractivity contribution in [3.8, 4) is 0 Å². The molecule has 0 aromatic heterocycles. The third-order valence-corrected chi connectivity index (χ3v) is 4.15. The van der Waals surface area contributed by atoms with Crippen LogP contribution in [0.25, 0.3) is 0 Å². The quantitative estimate of drug-likeness (QED) is 0.481. The van der Waals surface area contributed by atoms with Crippen molar-refractivity contribution in [2.24, 2.45) is 4.99 Å². The molecule has 126 valence electrons. The molecular weight excluding hydrogens is 291 g/mol. The number of nitrogens with zero attached hydrogens (tertiary/aromatic N) is 2. The lowest BCUT2D eigenvalue weighted by molar-refractivity contribution is 0.614. The van der Waals surface area contributed by atoms with E-state index in [1.54, 1.807) is 13.1 Å². The van der Waals surface area contributed by atoms with Gasteiger partial charge in [0, 0.05) is 32.7 Å². The van der Waals surface area contributed by atoms with Gasteiger partial charge in [0.2, 0.25) is 0 Å². The number of rotatable bonds is 6. The molecule has 4 nitrogen and oxygen atoms in total. The van der Waals surface area contributed by atoms with E-state index in [1.807, 2.05) is 30.9 Å². The molecule has 0 bridgehead atoms. The highest BCUT2D eigenvalue weighted by Crippen LogP contribution is 2.20. The third-order valence-electron chi connectivity index (χ3n) is 4.15. The Morgan fingerprint density at radius 3 is 2.52 bits per heavy atom. The minimum Gasteiger partial charge on any atom is -0.370 e. The molecule has 5 heteroatoms. The number of benzene rings is 1. The van der Waals surface area contributed by atoms with Crippen molar-refractivity contribution in [3.05, 3.63) is 41.7 Å². The van der Waals surface area contributed by atoms with Crippen molar-refractivity contribution >= 4 is 11.6 Å². The van der Waals surface area contributed by atoms with Gasteiger partial charge in [0.15, 0.2) is 5.96 Å². The fourth-order valence-corrected chi connectivity index (χ4v) is 2.79. The minimum atomic E-state index is -0.170. The van der Waals surface area contributed by atoms with E-state index in [2.05, 4.69) is 27.8 Å². The van der Waals surface area contributed by atoms with Crippen molar-refractivity contribution in [2.45, 2.75) is 39.3 Å². The molecule has 0 atom stereocenters. The lowest BCUT2D eigenvalue weighted by atomic mass is 10.1. The van der Waals surface area contributed by atoms with Gasteiger partial charge in [-0.15, -0.1) is 0 Å². The van der Waals surface area contributed by atoms with Crippen molar-refractivity contribution in [1.29, 1.82) is 0 Å². The van der Waals surface area contributed by atoms with Gasteiger partial charge in [-0.05, 0) is 44.4 Å². The van der Waals surface area contributed by atoms with E-state index in [9.17, 15) is 4.39 Å². The van der Waals surface area contributed by atoms with Crippen LogP contribution in [0.4, 0.5) is 10.1 Å². The maximum atomic E-state index is 14.3. The van der Waals surface area contributed by atoms with Gasteiger partial charge >= 0.3 is 0 Å². The first kappa shape index (κ1) is 17.3. The fourth-order valence-electron chi connectivity index (χ4n) is 2.79. The Labute approximate surface area is 138 Å². The first-order chi connectivity index (χ1) is 11.2. The van der Waals surface area contributed by atoms with Gasteiger partial charge in [-0.2, -0.15) is 0 Å². The van der Waals surface area contributed by atoms with Crippen LogP contribution < -0.4 is 15.5 Å². The molecule has 1 aromatic rings. The smallest absolute Gasteiger partial charge is 0.191 e. The zero-order valence-electron chi connectivity index (χ0n) is 14.3. The molecule has 2 rings (SSSR count). The van der Waals surface area contributed by atoms with Gasteiger partial charge in [-0.25, -0.2) is 4.39 Å². The number of halogens is 1.